The molecule has 1 atom stereocenters. The fourth-order valence-electron chi connectivity index (χ4n) is 3.01. The monoisotopic (exact) mass is 280 g/mol. The van der Waals surface area contributed by atoms with Gasteiger partial charge in [-0.3, -0.25) is 4.79 Å². The summed E-state index contributed by atoms with van der Waals surface area (Å²) < 4.78 is 0. The Kier molecular flexibility index (Phi) is 3.65. The summed E-state index contributed by atoms with van der Waals surface area (Å²) in [5.74, 6) is 0.0824. The number of fused-ring (bicyclic) bond motifs is 1. The maximum Gasteiger partial charge on any atom is 0.224 e. The Morgan fingerprint density at radius 1 is 1.29 bits per heavy atom. The van der Waals surface area contributed by atoms with E-state index in [9.17, 15) is 4.79 Å². The summed E-state index contributed by atoms with van der Waals surface area (Å²) in [6.45, 7) is 2.04. The van der Waals surface area contributed by atoms with Gasteiger partial charge in [-0.25, -0.2) is 0 Å². The Morgan fingerprint density at radius 3 is 2.90 bits per heavy atom. The molecule has 0 saturated heterocycles. The van der Waals surface area contributed by atoms with Crippen LogP contribution in [0.1, 0.15) is 34.7 Å². The second-order valence-corrected chi connectivity index (χ2v) is 5.72. The molecule has 0 aliphatic heterocycles. The number of nitrogens with two attached hydrogens (primary N) is 1. The zero-order chi connectivity index (χ0) is 14.8. The number of hydrogen-bond donors (Lipinski definition) is 2. The number of nitrogen functional groups attached to an aromatic ring is 1. The van der Waals surface area contributed by atoms with E-state index in [1.807, 2.05) is 49.4 Å². The highest BCUT2D eigenvalue weighted by molar-refractivity contribution is 5.79. The normalized spacial score (nSPS) is 16.5. The lowest BCUT2D eigenvalue weighted by Crippen LogP contribution is -2.28. The highest BCUT2D eigenvalue weighted by atomic mass is 16.1. The third-order valence-electron chi connectivity index (χ3n) is 4.19. The molecule has 1 amide bonds. The van der Waals surface area contributed by atoms with Crippen LogP contribution in [0.2, 0.25) is 0 Å². The summed E-state index contributed by atoms with van der Waals surface area (Å²) >= 11 is 0. The minimum Gasteiger partial charge on any atom is -0.399 e. The Labute approximate surface area is 125 Å². The van der Waals surface area contributed by atoms with Gasteiger partial charge in [-0.05, 0) is 54.2 Å². The van der Waals surface area contributed by atoms with Gasteiger partial charge in [0, 0.05) is 5.69 Å². The van der Waals surface area contributed by atoms with E-state index in [-0.39, 0.29) is 11.9 Å². The van der Waals surface area contributed by atoms with Crippen LogP contribution in [-0.2, 0) is 17.6 Å². The minimum absolute atomic E-state index is 0.0824. The predicted octanol–water partition coefficient (Wildman–Crippen LogP) is 2.92. The van der Waals surface area contributed by atoms with Crippen LogP contribution in [0.3, 0.4) is 0 Å². The number of anilines is 1. The quantitative estimate of drug-likeness (QED) is 0.849. The number of aryl methyl sites for hydroxylation is 2. The topological polar surface area (TPSA) is 55.1 Å². The predicted molar refractivity (Wildman–Crippen MR) is 84.9 cm³/mol. The van der Waals surface area contributed by atoms with Gasteiger partial charge in [-0.2, -0.15) is 0 Å². The zero-order valence-electron chi connectivity index (χ0n) is 12.2. The molecule has 0 aromatic heterocycles. The standard InChI is InChI=1S/C18H20N2O/c1-12-4-2-3-5-13(12)11-18(21)20-17-9-6-14-10-15(19)7-8-16(14)17/h2-5,7-8,10,17H,6,9,11,19H2,1H3,(H,20,21). The van der Waals surface area contributed by atoms with Crippen LogP contribution in [-0.4, -0.2) is 5.91 Å². The summed E-state index contributed by atoms with van der Waals surface area (Å²) in [6.07, 6.45) is 2.38. The maximum atomic E-state index is 12.3. The highest BCUT2D eigenvalue weighted by Gasteiger charge is 2.23. The first kappa shape index (κ1) is 13.7. The van der Waals surface area contributed by atoms with Crippen LogP contribution in [0.25, 0.3) is 0 Å². The van der Waals surface area contributed by atoms with Gasteiger partial charge >= 0.3 is 0 Å². The molecule has 108 valence electrons. The van der Waals surface area contributed by atoms with Gasteiger partial charge in [0.15, 0.2) is 0 Å². The van der Waals surface area contributed by atoms with Crippen LogP contribution in [0.4, 0.5) is 5.69 Å². The van der Waals surface area contributed by atoms with Gasteiger partial charge in [-0.15, -0.1) is 0 Å². The fourth-order valence-corrected chi connectivity index (χ4v) is 3.01. The van der Waals surface area contributed by atoms with Crippen molar-refractivity contribution in [2.45, 2.75) is 32.2 Å². The summed E-state index contributed by atoms with van der Waals surface area (Å²) in [6, 6.07) is 14.1. The number of carbonyl (C=O) groups excluding carboxylic acids is 1. The van der Waals surface area contributed by atoms with Crippen molar-refractivity contribution in [1.82, 2.24) is 5.32 Å². The second kappa shape index (κ2) is 5.60. The van der Waals surface area contributed by atoms with Crippen molar-refractivity contribution in [1.29, 1.82) is 0 Å². The lowest BCUT2D eigenvalue weighted by atomic mass is 10.0. The minimum atomic E-state index is 0.0824. The summed E-state index contributed by atoms with van der Waals surface area (Å²) in [4.78, 5) is 12.3. The van der Waals surface area contributed by atoms with E-state index in [0.717, 1.165) is 29.7 Å². The molecule has 0 spiro atoms. The Morgan fingerprint density at radius 2 is 2.10 bits per heavy atom. The van der Waals surface area contributed by atoms with E-state index in [1.165, 1.54) is 11.1 Å². The molecule has 3 nitrogen and oxygen atoms in total. The van der Waals surface area contributed by atoms with Crippen LogP contribution in [0.5, 0.6) is 0 Å². The molecular formula is C18H20N2O. The Balaban J connectivity index is 1.69. The van der Waals surface area contributed by atoms with Gasteiger partial charge in [0.1, 0.15) is 0 Å². The molecule has 21 heavy (non-hydrogen) atoms. The van der Waals surface area contributed by atoms with E-state index in [4.69, 9.17) is 5.73 Å². The summed E-state index contributed by atoms with van der Waals surface area (Å²) in [5.41, 5.74) is 11.3. The van der Waals surface area contributed by atoms with Gasteiger partial charge in [-0.1, -0.05) is 30.3 Å². The molecule has 3 N–H and O–H groups in total. The first-order valence-electron chi connectivity index (χ1n) is 7.35. The molecule has 3 rings (SSSR count). The number of rotatable bonds is 3. The van der Waals surface area contributed by atoms with E-state index in [0.29, 0.717) is 6.42 Å². The van der Waals surface area contributed by atoms with Crippen LogP contribution in [0, 0.1) is 6.92 Å². The highest BCUT2D eigenvalue weighted by Crippen LogP contribution is 2.32. The fraction of sp³-hybridized carbons (Fsp3) is 0.278. The molecule has 1 unspecified atom stereocenters. The zero-order valence-corrected chi connectivity index (χ0v) is 12.2. The third kappa shape index (κ3) is 2.92. The van der Waals surface area contributed by atoms with Crippen molar-refractivity contribution in [3.05, 3.63) is 64.7 Å². The molecule has 0 saturated carbocycles. The average molecular weight is 280 g/mol. The maximum absolute atomic E-state index is 12.3. The van der Waals surface area contributed by atoms with Gasteiger partial charge < -0.3 is 11.1 Å². The van der Waals surface area contributed by atoms with Crippen molar-refractivity contribution in [3.8, 4) is 0 Å². The third-order valence-corrected chi connectivity index (χ3v) is 4.19. The number of nitrogens with one attached hydrogen (secondary N) is 1. The van der Waals surface area contributed by atoms with Gasteiger partial charge in [0.05, 0.1) is 12.5 Å². The largest absolute Gasteiger partial charge is 0.399 e. The Bertz CT molecular complexity index is 679. The average Bonchev–Trinajstić information content (AvgIpc) is 2.83. The van der Waals surface area contributed by atoms with E-state index in [2.05, 4.69) is 5.32 Å². The van der Waals surface area contributed by atoms with Crippen molar-refractivity contribution in [3.63, 3.8) is 0 Å². The lowest BCUT2D eigenvalue weighted by molar-refractivity contribution is -0.121. The smallest absolute Gasteiger partial charge is 0.224 e. The summed E-state index contributed by atoms with van der Waals surface area (Å²) in [5, 5.41) is 3.15. The molecule has 0 heterocycles. The van der Waals surface area contributed by atoms with Crippen molar-refractivity contribution in [2.24, 2.45) is 0 Å². The van der Waals surface area contributed by atoms with E-state index in [1.54, 1.807) is 0 Å². The molecule has 2 aromatic carbocycles. The lowest BCUT2D eigenvalue weighted by Gasteiger charge is -2.15. The first-order valence-corrected chi connectivity index (χ1v) is 7.35. The number of hydrogen-bond acceptors (Lipinski definition) is 2. The molecule has 0 fully saturated rings. The van der Waals surface area contributed by atoms with Crippen LogP contribution in [0.15, 0.2) is 42.5 Å². The van der Waals surface area contributed by atoms with Crippen molar-refractivity contribution >= 4 is 11.6 Å². The molecule has 0 bridgehead atoms. The first-order chi connectivity index (χ1) is 10.1. The summed E-state index contributed by atoms with van der Waals surface area (Å²) in [7, 11) is 0. The number of benzene rings is 2. The van der Waals surface area contributed by atoms with E-state index < -0.39 is 0 Å². The molecule has 3 heteroatoms. The molecule has 2 aromatic rings. The number of amides is 1. The SMILES string of the molecule is Cc1ccccc1CC(=O)NC1CCc2cc(N)ccc21. The Hall–Kier alpha value is -2.29. The molecule has 0 radical (unpaired) electrons. The van der Waals surface area contributed by atoms with Crippen LogP contribution < -0.4 is 11.1 Å². The molecule has 1 aliphatic rings. The van der Waals surface area contributed by atoms with Crippen molar-refractivity contribution in [2.75, 3.05) is 5.73 Å². The molecular weight excluding hydrogens is 260 g/mol. The molecule has 1 aliphatic carbocycles. The van der Waals surface area contributed by atoms with Crippen LogP contribution >= 0.6 is 0 Å². The van der Waals surface area contributed by atoms with Crippen molar-refractivity contribution < 1.29 is 4.79 Å². The van der Waals surface area contributed by atoms with Gasteiger partial charge in [0.2, 0.25) is 5.91 Å². The van der Waals surface area contributed by atoms with Gasteiger partial charge in [0.25, 0.3) is 0 Å². The second-order valence-electron chi connectivity index (χ2n) is 5.72. The van der Waals surface area contributed by atoms with E-state index >= 15 is 0 Å². The number of carbonyl (C=O) groups is 1.